The van der Waals surface area contributed by atoms with Crippen molar-refractivity contribution in [3.63, 3.8) is 0 Å². The second-order valence-electron chi connectivity index (χ2n) is 4.90. The Labute approximate surface area is 183 Å². The van der Waals surface area contributed by atoms with Gasteiger partial charge in [-0.3, -0.25) is 0 Å². The first-order valence-electron chi connectivity index (χ1n) is 7.13. The summed E-state index contributed by atoms with van der Waals surface area (Å²) < 4.78 is 12.8. The van der Waals surface area contributed by atoms with Crippen molar-refractivity contribution < 1.29 is 9.15 Å². The molecule has 0 saturated heterocycles. The minimum absolute atomic E-state index is 0.0459. The molecule has 27 heavy (non-hydrogen) atoms. The fourth-order valence-electron chi connectivity index (χ4n) is 1.95. The molecule has 0 unspecified atom stereocenters. The monoisotopic (exact) mass is 484 g/mol. The van der Waals surface area contributed by atoms with E-state index in [0.29, 0.717) is 16.7 Å². The highest BCUT2D eigenvalue weighted by molar-refractivity contribution is 7.98. The van der Waals surface area contributed by atoms with Crippen LogP contribution in [0.2, 0.25) is 25.1 Å². The van der Waals surface area contributed by atoms with Gasteiger partial charge in [0, 0.05) is 0 Å². The minimum atomic E-state index is 0.0459. The zero-order valence-corrected chi connectivity index (χ0v) is 18.0. The molecular weight excluding hydrogens is 478 g/mol. The summed E-state index contributed by atoms with van der Waals surface area (Å²) in [6, 6.07) is 3.46. The van der Waals surface area contributed by atoms with Crippen molar-refractivity contribution in [2.45, 2.75) is 11.8 Å². The van der Waals surface area contributed by atoms with Gasteiger partial charge in [0.2, 0.25) is 5.16 Å². The molecule has 2 aromatic heterocycles. The van der Waals surface area contributed by atoms with Gasteiger partial charge in [0.25, 0.3) is 0 Å². The van der Waals surface area contributed by atoms with Crippen LogP contribution in [0.5, 0.6) is 5.75 Å². The zero-order chi connectivity index (χ0) is 19.6. The Morgan fingerprint density at radius 1 is 1.11 bits per heavy atom. The van der Waals surface area contributed by atoms with Crippen LogP contribution in [-0.2, 0) is 6.61 Å². The van der Waals surface area contributed by atoms with Gasteiger partial charge < -0.3 is 9.15 Å². The van der Waals surface area contributed by atoms with Crippen molar-refractivity contribution in [3.05, 3.63) is 55.1 Å². The Balaban J connectivity index is 1.72. The van der Waals surface area contributed by atoms with E-state index in [1.807, 2.05) is 6.26 Å². The van der Waals surface area contributed by atoms with Gasteiger partial charge >= 0.3 is 0 Å². The molecule has 0 saturated carbocycles. The average Bonchev–Trinajstić information content (AvgIpc) is 3.31. The van der Waals surface area contributed by atoms with E-state index in [1.165, 1.54) is 29.0 Å². The van der Waals surface area contributed by atoms with Crippen LogP contribution < -0.4 is 4.74 Å². The van der Waals surface area contributed by atoms with Crippen LogP contribution >= 0.6 is 69.8 Å². The number of ether oxygens (including phenoxy) is 1. The fraction of sp³-hybridized carbons (Fsp3) is 0.133. The molecule has 3 aromatic rings. The first kappa shape index (κ1) is 20.6. The number of benzene rings is 1. The standard InChI is InChI=1S/C15H9Cl5N4O2S/c1-27-15-23-21-6-24(15)22-4-7-2-3-8(26-7)5-25-14-12(19)10(17)9(16)11(18)13(14)20/h2-4,6H,5H2,1H3/b22-4-. The molecular formula is C15H9Cl5N4O2S. The molecule has 6 nitrogen and oxygen atoms in total. The van der Waals surface area contributed by atoms with Crippen molar-refractivity contribution in [2.24, 2.45) is 5.10 Å². The van der Waals surface area contributed by atoms with Gasteiger partial charge in [0.1, 0.15) is 34.5 Å². The largest absolute Gasteiger partial charge is 0.482 e. The Hall–Kier alpha value is -1.09. The minimum Gasteiger partial charge on any atom is -0.482 e. The van der Waals surface area contributed by atoms with E-state index < -0.39 is 0 Å². The van der Waals surface area contributed by atoms with E-state index >= 15 is 0 Å². The van der Waals surface area contributed by atoms with Crippen LogP contribution in [0, 0.1) is 0 Å². The van der Waals surface area contributed by atoms with Gasteiger partial charge in [-0.2, -0.15) is 9.78 Å². The predicted octanol–water partition coefficient (Wildman–Crippen LogP) is 6.32. The number of furan rings is 1. The average molecular weight is 487 g/mol. The van der Waals surface area contributed by atoms with Crippen LogP contribution in [0.1, 0.15) is 11.5 Å². The highest BCUT2D eigenvalue weighted by Crippen LogP contribution is 2.48. The molecule has 2 heterocycles. The van der Waals surface area contributed by atoms with Crippen molar-refractivity contribution >= 4 is 76.0 Å². The Bertz CT molecular complexity index is 975. The zero-order valence-electron chi connectivity index (χ0n) is 13.4. The summed E-state index contributed by atoms with van der Waals surface area (Å²) in [5, 5.41) is 12.9. The van der Waals surface area contributed by atoms with Gasteiger partial charge in [-0.15, -0.1) is 10.2 Å². The van der Waals surface area contributed by atoms with E-state index in [4.69, 9.17) is 67.2 Å². The summed E-state index contributed by atoms with van der Waals surface area (Å²) in [4.78, 5) is 0. The Morgan fingerprint density at radius 3 is 2.44 bits per heavy atom. The Kier molecular flexibility index (Phi) is 6.83. The SMILES string of the molecule is CSc1nncn1/N=C\c1ccc(COc2c(Cl)c(Cl)c(Cl)c(Cl)c2Cl)o1. The quantitative estimate of drug-likeness (QED) is 0.177. The third kappa shape index (κ3) is 4.50. The predicted molar refractivity (Wildman–Crippen MR) is 109 cm³/mol. The van der Waals surface area contributed by atoms with Gasteiger partial charge in [-0.25, -0.2) is 0 Å². The van der Waals surface area contributed by atoms with Crippen molar-refractivity contribution in [1.29, 1.82) is 0 Å². The number of halogens is 5. The first-order chi connectivity index (χ1) is 12.9. The van der Waals surface area contributed by atoms with Gasteiger partial charge in [0.05, 0.1) is 21.3 Å². The number of hydrogen-bond donors (Lipinski definition) is 0. The van der Waals surface area contributed by atoms with Gasteiger partial charge in [0.15, 0.2) is 5.75 Å². The lowest BCUT2D eigenvalue weighted by Gasteiger charge is -2.12. The van der Waals surface area contributed by atoms with Crippen LogP contribution in [0.15, 0.2) is 33.1 Å². The molecule has 0 amide bonds. The maximum absolute atomic E-state index is 6.13. The van der Waals surface area contributed by atoms with Crippen LogP contribution in [0.3, 0.4) is 0 Å². The third-order valence-electron chi connectivity index (χ3n) is 3.20. The maximum Gasteiger partial charge on any atom is 0.211 e. The van der Waals surface area contributed by atoms with E-state index in [-0.39, 0.29) is 37.5 Å². The Morgan fingerprint density at radius 2 is 1.78 bits per heavy atom. The van der Waals surface area contributed by atoms with Crippen molar-refractivity contribution in [3.8, 4) is 5.75 Å². The number of thioether (sulfide) groups is 1. The smallest absolute Gasteiger partial charge is 0.211 e. The van der Waals surface area contributed by atoms with E-state index in [2.05, 4.69) is 15.3 Å². The van der Waals surface area contributed by atoms with E-state index in [9.17, 15) is 0 Å². The summed E-state index contributed by atoms with van der Waals surface area (Å²) in [5.74, 6) is 1.15. The summed E-state index contributed by atoms with van der Waals surface area (Å²) in [6.07, 6.45) is 4.90. The summed E-state index contributed by atoms with van der Waals surface area (Å²) in [6.45, 7) is 0.0459. The van der Waals surface area contributed by atoms with Gasteiger partial charge in [-0.1, -0.05) is 69.8 Å². The molecule has 0 spiro atoms. The van der Waals surface area contributed by atoms with Crippen molar-refractivity contribution in [2.75, 3.05) is 6.26 Å². The topological polar surface area (TPSA) is 65.4 Å². The lowest BCUT2D eigenvalue weighted by atomic mass is 10.3. The molecule has 12 heteroatoms. The number of aromatic nitrogens is 3. The first-order valence-corrected chi connectivity index (χ1v) is 10.2. The molecule has 0 fully saturated rings. The van der Waals surface area contributed by atoms with Gasteiger partial charge in [-0.05, 0) is 18.4 Å². The summed E-state index contributed by atoms with van der Waals surface area (Å²) in [5.41, 5.74) is 0. The van der Waals surface area contributed by atoms with E-state index in [0.717, 1.165) is 0 Å². The number of rotatable bonds is 6. The number of hydrogen-bond acceptors (Lipinski definition) is 6. The highest BCUT2D eigenvalue weighted by atomic mass is 35.5. The molecule has 0 radical (unpaired) electrons. The van der Waals surface area contributed by atoms with Crippen LogP contribution in [0.4, 0.5) is 0 Å². The normalized spacial score (nSPS) is 11.5. The molecule has 0 aliphatic carbocycles. The molecule has 0 N–H and O–H groups in total. The molecule has 0 aliphatic heterocycles. The second kappa shape index (κ2) is 8.94. The lowest BCUT2D eigenvalue weighted by molar-refractivity contribution is 0.270. The van der Waals surface area contributed by atoms with E-state index in [1.54, 1.807) is 12.1 Å². The molecule has 1 aromatic carbocycles. The molecule has 0 bridgehead atoms. The fourth-order valence-corrected chi connectivity index (χ4v) is 3.59. The second-order valence-corrected chi connectivity index (χ2v) is 7.56. The summed E-state index contributed by atoms with van der Waals surface area (Å²) >= 11 is 31.7. The lowest BCUT2D eigenvalue weighted by Crippen LogP contribution is -1.96. The van der Waals surface area contributed by atoms with Crippen molar-refractivity contribution in [1.82, 2.24) is 14.9 Å². The third-order valence-corrected chi connectivity index (χ3v) is 6.08. The molecule has 142 valence electrons. The van der Waals surface area contributed by atoms with Crippen LogP contribution in [0.25, 0.3) is 0 Å². The van der Waals surface area contributed by atoms with Crippen LogP contribution in [-0.4, -0.2) is 27.3 Å². The molecule has 0 aliphatic rings. The maximum atomic E-state index is 6.13. The summed E-state index contributed by atoms with van der Waals surface area (Å²) in [7, 11) is 0. The highest BCUT2D eigenvalue weighted by Gasteiger charge is 2.20. The number of nitrogens with zero attached hydrogens (tertiary/aromatic N) is 4. The molecule has 3 rings (SSSR count). The molecule has 0 atom stereocenters.